The Morgan fingerprint density at radius 2 is 2.08 bits per heavy atom. The van der Waals surface area contributed by atoms with Crippen LogP contribution in [0.3, 0.4) is 0 Å². The molecule has 0 saturated carbocycles. The number of rotatable bonds is 6. The number of amides is 2. The van der Waals surface area contributed by atoms with Gasteiger partial charge in [0.1, 0.15) is 0 Å². The van der Waals surface area contributed by atoms with Crippen LogP contribution in [0.1, 0.15) is 28.8 Å². The van der Waals surface area contributed by atoms with E-state index in [9.17, 15) is 18.0 Å². The molecule has 1 aliphatic heterocycles. The van der Waals surface area contributed by atoms with E-state index in [2.05, 4.69) is 10.0 Å². The lowest BCUT2D eigenvalue weighted by molar-refractivity contribution is -0.126. The van der Waals surface area contributed by atoms with Crippen LogP contribution in [0.15, 0.2) is 18.2 Å². The van der Waals surface area contributed by atoms with E-state index in [-0.39, 0.29) is 23.4 Å². The minimum absolute atomic E-state index is 0.105. The van der Waals surface area contributed by atoms with Crippen LogP contribution < -0.4 is 15.8 Å². The Labute approximate surface area is 154 Å². The topological polar surface area (TPSA) is 122 Å². The van der Waals surface area contributed by atoms with Gasteiger partial charge >= 0.3 is 0 Å². The van der Waals surface area contributed by atoms with E-state index in [0.717, 1.165) is 11.8 Å². The molecule has 2 amide bonds. The molecule has 4 N–H and O–H groups in total. The number of carbonyl (C=O) groups excluding carboxylic acids is 2. The van der Waals surface area contributed by atoms with Crippen LogP contribution in [-0.4, -0.2) is 57.6 Å². The number of nitrogens with two attached hydrogens (primary N) is 1. The Morgan fingerprint density at radius 1 is 1.35 bits per heavy atom. The maximum Gasteiger partial charge on any atom is 0.256 e. The smallest absolute Gasteiger partial charge is 0.256 e. The third-order valence-corrected chi connectivity index (χ3v) is 4.81. The fourth-order valence-electron chi connectivity index (χ4n) is 3.01. The number of hydrogen-bond acceptors (Lipinski definition) is 5. The van der Waals surface area contributed by atoms with E-state index >= 15 is 0 Å². The number of nitrogens with zero attached hydrogens (tertiary/aromatic N) is 1. The lowest BCUT2D eigenvalue weighted by Gasteiger charge is -2.32. The summed E-state index contributed by atoms with van der Waals surface area (Å²) in [6.07, 6.45) is 2.47. The predicted octanol–water partition coefficient (Wildman–Crippen LogP) is 0.294. The number of sulfonamides is 1. The number of benzene rings is 1. The summed E-state index contributed by atoms with van der Waals surface area (Å²) in [6, 6.07) is 4.98. The number of anilines is 1. The Balaban J connectivity index is 2.20. The van der Waals surface area contributed by atoms with Gasteiger partial charge in [-0.1, -0.05) is 11.6 Å². The molecule has 1 unspecified atom stereocenters. The monoisotopic (exact) mass is 382 g/mol. The zero-order valence-corrected chi connectivity index (χ0v) is 15.9. The molecule has 26 heavy (non-hydrogen) atoms. The first-order valence-electron chi connectivity index (χ1n) is 8.57. The molecule has 144 valence electrons. The van der Waals surface area contributed by atoms with Crippen molar-refractivity contribution in [2.45, 2.75) is 19.8 Å². The number of nitrogens with one attached hydrogen (secondary N) is 2. The van der Waals surface area contributed by atoms with Gasteiger partial charge in [0.15, 0.2) is 0 Å². The molecular formula is C17H26N4O4S. The van der Waals surface area contributed by atoms with Crippen molar-refractivity contribution >= 4 is 27.5 Å². The highest BCUT2D eigenvalue weighted by Gasteiger charge is 2.30. The molecule has 0 spiro atoms. The van der Waals surface area contributed by atoms with Crippen LogP contribution in [-0.2, 0) is 14.8 Å². The lowest BCUT2D eigenvalue weighted by Crippen LogP contribution is -2.46. The molecule has 2 rings (SSSR count). The van der Waals surface area contributed by atoms with Crippen LogP contribution in [0.5, 0.6) is 0 Å². The van der Waals surface area contributed by atoms with Crippen LogP contribution in [0.4, 0.5) is 5.69 Å². The first kappa shape index (κ1) is 20.2. The van der Waals surface area contributed by atoms with Gasteiger partial charge in [0, 0.05) is 26.2 Å². The minimum atomic E-state index is -3.51. The van der Waals surface area contributed by atoms with E-state index < -0.39 is 10.0 Å². The molecule has 8 nitrogen and oxygen atoms in total. The first-order chi connectivity index (χ1) is 12.2. The summed E-state index contributed by atoms with van der Waals surface area (Å²) in [5.74, 6) is -0.668. The van der Waals surface area contributed by atoms with E-state index in [1.54, 1.807) is 23.1 Å². The molecule has 0 bridgehead atoms. The molecule has 0 aromatic heterocycles. The number of piperidine rings is 1. The van der Waals surface area contributed by atoms with Crippen LogP contribution in [0.25, 0.3) is 0 Å². The summed E-state index contributed by atoms with van der Waals surface area (Å²) in [5.41, 5.74) is 6.79. The summed E-state index contributed by atoms with van der Waals surface area (Å²) in [5, 5.41) is 2.76. The maximum atomic E-state index is 13.0. The molecular weight excluding hydrogens is 356 g/mol. The summed E-state index contributed by atoms with van der Waals surface area (Å²) in [7, 11) is -3.51. The number of hydrogen-bond donors (Lipinski definition) is 3. The van der Waals surface area contributed by atoms with E-state index in [4.69, 9.17) is 5.73 Å². The quantitative estimate of drug-likeness (QED) is 0.653. The molecule has 0 aliphatic carbocycles. The molecule has 1 saturated heterocycles. The molecule has 1 aromatic rings. The summed E-state index contributed by atoms with van der Waals surface area (Å²) < 4.78 is 25.5. The van der Waals surface area contributed by atoms with E-state index in [1.807, 2.05) is 6.92 Å². The van der Waals surface area contributed by atoms with Crippen LogP contribution in [0.2, 0.25) is 0 Å². The third kappa shape index (κ3) is 5.43. The second-order valence-electron chi connectivity index (χ2n) is 6.59. The highest BCUT2D eigenvalue weighted by atomic mass is 32.2. The fourth-order valence-corrected chi connectivity index (χ4v) is 3.59. The lowest BCUT2D eigenvalue weighted by atomic mass is 9.96. The first-order valence-corrected chi connectivity index (χ1v) is 10.5. The molecule has 1 fully saturated rings. The van der Waals surface area contributed by atoms with Gasteiger partial charge in [0.25, 0.3) is 5.91 Å². The fraction of sp³-hybridized carbons (Fsp3) is 0.529. The Hall–Kier alpha value is -2.13. The van der Waals surface area contributed by atoms with Crippen molar-refractivity contribution < 1.29 is 18.0 Å². The Bertz CT molecular complexity index is 779. The number of aryl methyl sites for hydroxylation is 1. The summed E-state index contributed by atoms with van der Waals surface area (Å²) >= 11 is 0. The largest absolute Gasteiger partial charge is 0.355 e. The average molecular weight is 382 g/mol. The third-order valence-electron chi connectivity index (χ3n) is 4.22. The highest BCUT2D eigenvalue weighted by molar-refractivity contribution is 7.92. The van der Waals surface area contributed by atoms with Crippen molar-refractivity contribution in [2.24, 2.45) is 11.7 Å². The van der Waals surface area contributed by atoms with Crippen molar-refractivity contribution in [2.75, 3.05) is 37.2 Å². The maximum absolute atomic E-state index is 13.0. The highest BCUT2D eigenvalue weighted by Crippen LogP contribution is 2.24. The van der Waals surface area contributed by atoms with Crippen molar-refractivity contribution in [1.29, 1.82) is 0 Å². The summed E-state index contributed by atoms with van der Waals surface area (Å²) in [4.78, 5) is 26.8. The van der Waals surface area contributed by atoms with E-state index in [0.29, 0.717) is 44.6 Å². The molecule has 9 heteroatoms. The molecule has 1 aliphatic rings. The SMILES string of the molecule is Cc1ccc(NS(C)(=O)=O)c(C(=O)N2CCCC(C(=O)NCCN)C2)c1. The van der Waals surface area contributed by atoms with Gasteiger partial charge in [-0.05, 0) is 31.9 Å². The Kier molecular flexibility index (Phi) is 6.60. The van der Waals surface area contributed by atoms with Crippen molar-refractivity contribution in [3.05, 3.63) is 29.3 Å². The van der Waals surface area contributed by atoms with Crippen LogP contribution in [0, 0.1) is 12.8 Å². The molecule has 1 heterocycles. The van der Waals surface area contributed by atoms with Crippen LogP contribution >= 0.6 is 0 Å². The average Bonchev–Trinajstić information content (AvgIpc) is 2.59. The predicted molar refractivity (Wildman–Crippen MR) is 100 cm³/mol. The van der Waals surface area contributed by atoms with Crippen molar-refractivity contribution in [1.82, 2.24) is 10.2 Å². The van der Waals surface area contributed by atoms with Gasteiger partial charge in [0.2, 0.25) is 15.9 Å². The normalized spacial score (nSPS) is 17.7. The van der Waals surface area contributed by atoms with Gasteiger partial charge in [0.05, 0.1) is 23.4 Å². The summed E-state index contributed by atoms with van der Waals surface area (Å²) in [6.45, 7) is 3.45. The second kappa shape index (κ2) is 8.50. The zero-order valence-electron chi connectivity index (χ0n) is 15.1. The van der Waals surface area contributed by atoms with Gasteiger partial charge in [-0.2, -0.15) is 0 Å². The molecule has 1 atom stereocenters. The van der Waals surface area contributed by atoms with Crippen molar-refractivity contribution in [3.63, 3.8) is 0 Å². The number of likely N-dealkylation sites (tertiary alicyclic amines) is 1. The van der Waals surface area contributed by atoms with Gasteiger partial charge in [-0.3, -0.25) is 14.3 Å². The van der Waals surface area contributed by atoms with E-state index in [1.165, 1.54) is 0 Å². The number of carbonyl (C=O) groups is 2. The van der Waals surface area contributed by atoms with Gasteiger partial charge < -0.3 is 16.0 Å². The van der Waals surface area contributed by atoms with Gasteiger partial charge in [-0.15, -0.1) is 0 Å². The second-order valence-corrected chi connectivity index (χ2v) is 8.34. The van der Waals surface area contributed by atoms with Crippen molar-refractivity contribution in [3.8, 4) is 0 Å². The minimum Gasteiger partial charge on any atom is -0.355 e. The molecule has 1 aromatic carbocycles. The Morgan fingerprint density at radius 3 is 2.73 bits per heavy atom. The molecule has 0 radical (unpaired) electrons. The standard InChI is InChI=1S/C17H26N4O4S/c1-12-5-6-15(20-26(2,24)25)14(10-12)17(23)21-9-3-4-13(11-21)16(22)19-8-7-18/h5-6,10,13,20H,3-4,7-9,11,18H2,1-2H3,(H,19,22). The van der Waals surface area contributed by atoms with Gasteiger partial charge in [-0.25, -0.2) is 8.42 Å². The zero-order chi connectivity index (χ0) is 19.3.